The Morgan fingerprint density at radius 2 is 1.62 bits per heavy atom. The third-order valence-corrected chi connectivity index (χ3v) is 3.60. The van der Waals surface area contributed by atoms with Crippen LogP contribution in [0.1, 0.15) is 5.56 Å². The van der Waals surface area contributed by atoms with Gasteiger partial charge in [-0.1, -0.05) is 29.8 Å². The van der Waals surface area contributed by atoms with Crippen molar-refractivity contribution in [3.8, 4) is 23.0 Å². The van der Waals surface area contributed by atoms with Crippen molar-refractivity contribution in [1.29, 1.82) is 0 Å². The normalized spacial score (nSPS) is 10.4. The molecule has 0 N–H and O–H groups in total. The molecule has 0 aliphatic carbocycles. The lowest BCUT2D eigenvalue weighted by atomic mass is 10.1. The second-order valence-corrected chi connectivity index (χ2v) is 5.90. The summed E-state index contributed by atoms with van der Waals surface area (Å²) in [5.74, 6) is 0.522. The van der Waals surface area contributed by atoms with E-state index in [1.54, 1.807) is 18.6 Å². The molecule has 3 aromatic rings. The van der Waals surface area contributed by atoms with Crippen LogP contribution in [0.15, 0.2) is 53.7 Å². The van der Waals surface area contributed by atoms with Crippen molar-refractivity contribution in [2.24, 2.45) is 0 Å². The van der Waals surface area contributed by atoms with Crippen molar-refractivity contribution in [2.75, 3.05) is 13.2 Å². The molecule has 0 unspecified atom stereocenters. The van der Waals surface area contributed by atoms with Gasteiger partial charge in [-0.05, 0) is 28.4 Å². The summed E-state index contributed by atoms with van der Waals surface area (Å²) in [6.07, 6.45) is 6.46. The molecule has 0 fully saturated rings. The van der Waals surface area contributed by atoms with Crippen molar-refractivity contribution in [1.82, 2.24) is 19.9 Å². The van der Waals surface area contributed by atoms with E-state index >= 15 is 0 Å². The number of rotatable bonds is 6. The van der Waals surface area contributed by atoms with Gasteiger partial charge in [0.05, 0.1) is 10.0 Å². The predicted molar refractivity (Wildman–Crippen MR) is 92.9 cm³/mol. The zero-order chi connectivity index (χ0) is 16.8. The molecule has 0 bridgehead atoms. The van der Waals surface area contributed by atoms with Crippen LogP contribution < -0.4 is 9.47 Å². The number of aryl methyl sites for hydroxylation is 1. The van der Waals surface area contributed by atoms with Crippen LogP contribution in [0, 0.1) is 6.92 Å². The summed E-state index contributed by atoms with van der Waals surface area (Å²) in [6.45, 7) is 2.69. The van der Waals surface area contributed by atoms with E-state index in [4.69, 9.17) is 9.47 Å². The molecule has 0 radical (unpaired) electrons. The monoisotopic (exact) mass is 386 g/mol. The number of ether oxygens (including phenoxy) is 2. The molecule has 6 nitrogen and oxygen atoms in total. The van der Waals surface area contributed by atoms with E-state index in [9.17, 15) is 0 Å². The molecular weight excluding hydrogens is 372 g/mol. The van der Waals surface area contributed by atoms with Crippen LogP contribution in [-0.4, -0.2) is 33.1 Å². The molecule has 0 saturated carbocycles. The van der Waals surface area contributed by atoms with E-state index in [1.165, 1.54) is 11.9 Å². The van der Waals surface area contributed by atoms with E-state index in [2.05, 4.69) is 35.9 Å². The number of hydrogen-bond donors (Lipinski definition) is 0. The van der Waals surface area contributed by atoms with Crippen LogP contribution in [-0.2, 0) is 0 Å². The highest BCUT2D eigenvalue weighted by Gasteiger charge is 2.08. The number of aromatic nitrogens is 4. The summed E-state index contributed by atoms with van der Waals surface area (Å²) in [5, 5.41) is 0. The van der Waals surface area contributed by atoms with Crippen molar-refractivity contribution in [3.05, 3.63) is 59.2 Å². The van der Waals surface area contributed by atoms with Crippen molar-refractivity contribution in [2.45, 2.75) is 6.92 Å². The smallest absolute Gasteiger partial charge is 0.316 e. The maximum absolute atomic E-state index is 5.73. The van der Waals surface area contributed by atoms with Gasteiger partial charge in [0.25, 0.3) is 0 Å². The van der Waals surface area contributed by atoms with Gasteiger partial charge in [-0.25, -0.2) is 19.9 Å². The first-order valence-corrected chi connectivity index (χ1v) is 8.12. The highest BCUT2D eigenvalue weighted by Crippen LogP contribution is 2.27. The Kier molecular flexibility index (Phi) is 5.32. The van der Waals surface area contributed by atoms with Crippen LogP contribution in [0.3, 0.4) is 0 Å². The predicted octanol–water partition coefficient (Wildman–Crippen LogP) is 3.46. The Hall–Kier alpha value is -2.54. The Bertz CT molecular complexity index is 794. The summed E-state index contributed by atoms with van der Waals surface area (Å²) in [5.41, 5.74) is 3.05. The Labute approximate surface area is 148 Å². The van der Waals surface area contributed by atoms with Crippen molar-refractivity contribution >= 4 is 15.9 Å². The maximum Gasteiger partial charge on any atom is 0.316 e. The summed E-state index contributed by atoms with van der Waals surface area (Å²) in [7, 11) is 0. The lowest BCUT2D eigenvalue weighted by Gasteiger charge is -2.10. The van der Waals surface area contributed by atoms with Gasteiger partial charge in [-0.2, -0.15) is 0 Å². The van der Waals surface area contributed by atoms with Crippen molar-refractivity contribution in [3.63, 3.8) is 0 Å². The van der Waals surface area contributed by atoms with Crippen LogP contribution in [0.25, 0.3) is 11.1 Å². The van der Waals surface area contributed by atoms with Crippen LogP contribution >= 0.6 is 15.9 Å². The van der Waals surface area contributed by atoms with Crippen LogP contribution in [0.2, 0.25) is 0 Å². The van der Waals surface area contributed by atoms with Crippen molar-refractivity contribution < 1.29 is 9.47 Å². The third-order valence-electron chi connectivity index (χ3n) is 3.19. The van der Waals surface area contributed by atoms with Gasteiger partial charge >= 0.3 is 6.01 Å². The molecule has 3 rings (SSSR count). The first kappa shape index (κ1) is 16.3. The van der Waals surface area contributed by atoms with Gasteiger partial charge in [0.15, 0.2) is 0 Å². The average Bonchev–Trinajstić information content (AvgIpc) is 2.61. The zero-order valence-electron chi connectivity index (χ0n) is 13.0. The summed E-state index contributed by atoms with van der Waals surface area (Å²) < 4.78 is 12.0. The maximum atomic E-state index is 5.73. The van der Waals surface area contributed by atoms with E-state index in [0.717, 1.165) is 15.6 Å². The molecular formula is C17H15BrN4O2. The Balaban J connectivity index is 1.61. The quantitative estimate of drug-likeness (QED) is 0.604. The average molecular weight is 387 g/mol. The lowest BCUT2D eigenvalue weighted by molar-refractivity contribution is 0.202. The topological polar surface area (TPSA) is 70.0 Å². The Morgan fingerprint density at radius 3 is 2.38 bits per heavy atom. The van der Waals surface area contributed by atoms with Gasteiger partial charge in [0.1, 0.15) is 19.5 Å². The molecule has 0 aliphatic heterocycles. The third kappa shape index (κ3) is 4.26. The molecule has 24 heavy (non-hydrogen) atoms. The molecule has 2 heterocycles. The number of hydrogen-bond acceptors (Lipinski definition) is 6. The minimum absolute atomic E-state index is 0.309. The molecule has 122 valence electrons. The first-order valence-electron chi connectivity index (χ1n) is 7.32. The fourth-order valence-corrected chi connectivity index (χ4v) is 2.22. The lowest BCUT2D eigenvalue weighted by Crippen LogP contribution is -2.11. The first-order chi connectivity index (χ1) is 11.7. The standard InChI is InChI=1S/C17H15BrN4O2/c1-12-2-4-13(5-3-12)15-10-19-11-22-16(15)23-6-7-24-17-20-8-14(18)9-21-17/h2-5,8-11H,6-7H2,1H3. The molecule has 2 aromatic heterocycles. The zero-order valence-corrected chi connectivity index (χ0v) is 14.6. The largest absolute Gasteiger partial charge is 0.474 e. The molecule has 0 atom stereocenters. The van der Waals surface area contributed by atoms with E-state index in [1.807, 2.05) is 31.2 Å². The SMILES string of the molecule is Cc1ccc(-c2cncnc2OCCOc2ncc(Br)cn2)cc1. The van der Waals surface area contributed by atoms with Crippen LogP contribution in [0.4, 0.5) is 0 Å². The molecule has 0 spiro atoms. The highest BCUT2D eigenvalue weighted by atomic mass is 79.9. The molecule has 7 heteroatoms. The molecule has 0 amide bonds. The second-order valence-electron chi connectivity index (χ2n) is 4.99. The minimum atomic E-state index is 0.309. The van der Waals surface area contributed by atoms with Gasteiger partial charge in [-0.15, -0.1) is 0 Å². The van der Waals surface area contributed by atoms with E-state index in [0.29, 0.717) is 25.1 Å². The number of benzene rings is 1. The molecule has 0 aliphatic rings. The fraction of sp³-hybridized carbons (Fsp3) is 0.176. The van der Waals surface area contributed by atoms with Gasteiger partial charge in [0, 0.05) is 18.6 Å². The van der Waals surface area contributed by atoms with Crippen LogP contribution in [0.5, 0.6) is 11.9 Å². The van der Waals surface area contributed by atoms with Gasteiger partial charge in [0.2, 0.25) is 5.88 Å². The van der Waals surface area contributed by atoms with E-state index in [-0.39, 0.29) is 0 Å². The van der Waals surface area contributed by atoms with E-state index < -0.39 is 0 Å². The second kappa shape index (κ2) is 7.83. The number of nitrogens with zero attached hydrogens (tertiary/aromatic N) is 4. The van der Waals surface area contributed by atoms with Gasteiger partial charge in [-0.3, -0.25) is 0 Å². The molecule has 0 saturated heterocycles. The molecule has 1 aromatic carbocycles. The summed E-state index contributed by atoms with van der Waals surface area (Å²) in [6, 6.07) is 8.43. The Morgan fingerprint density at radius 1 is 0.917 bits per heavy atom. The summed E-state index contributed by atoms with van der Waals surface area (Å²) >= 11 is 3.27. The van der Waals surface area contributed by atoms with Gasteiger partial charge < -0.3 is 9.47 Å². The minimum Gasteiger partial charge on any atom is -0.474 e. The highest BCUT2D eigenvalue weighted by molar-refractivity contribution is 9.10. The number of halogens is 1. The fourth-order valence-electron chi connectivity index (χ4n) is 2.01. The summed E-state index contributed by atoms with van der Waals surface area (Å²) in [4.78, 5) is 16.4.